The minimum atomic E-state index is -3.98. The maximum absolute atomic E-state index is 13.3. The molecule has 7 heteroatoms. The second-order valence-corrected chi connectivity index (χ2v) is 8.14. The first-order valence-corrected chi connectivity index (χ1v) is 8.86. The van der Waals surface area contributed by atoms with Gasteiger partial charge in [-0.3, -0.25) is 4.79 Å². The van der Waals surface area contributed by atoms with E-state index >= 15 is 0 Å². The molecule has 1 aromatic carbocycles. The molecule has 0 bridgehead atoms. The van der Waals surface area contributed by atoms with Crippen molar-refractivity contribution in [1.29, 1.82) is 0 Å². The van der Waals surface area contributed by atoms with E-state index < -0.39 is 21.7 Å². The SMILES string of the molecule is O=C1c2ccc(F)cc2S(=O)(=O)N1CC1OCCC12CCC2. The predicted octanol–water partition coefficient (Wildman–Crippen LogP) is 1.93. The van der Waals surface area contributed by atoms with Gasteiger partial charge in [-0.15, -0.1) is 0 Å². The molecular formula is C15H16FNO4S. The summed E-state index contributed by atoms with van der Waals surface area (Å²) < 4.78 is 45.0. The van der Waals surface area contributed by atoms with Gasteiger partial charge in [0, 0.05) is 12.0 Å². The average molecular weight is 325 g/mol. The standard InChI is InChI=1S/C15H16FNO4S/c16-10-2-3-11-12(8-10)22(19,20)17(14(11)18)9-13-15(4-1-5-15)6-7-21-13/h2-3,8,13H,1,4-7,9H2. The zero-order valence-corrected chi connectivity index (χ0v) is 12.7. The van der Waals surface area contributed by atoms with E-state index in [0.717, 1.165) is 42.1 Å². The normalized spacial score (nSPS) is 28.0. The third kappa shape index (κ3) is 1.78. The summed E-state index contributed by atoms with van der Waals surface area (Å²) in [6, 6.07) is 3.26. The predicted molar refractivity (Wildman–Crippen MR) is 75.3 cm³/mol. The highest BCUT2D eigenvalue weighted by Gasteiger charge is 2.52. The van der Waals surface area contributed by atoms with Gasteiger partial charge in [0.1, 0.15) is 10.7 Å². The van der Waals surface area contributed by atoms with E-state index in [1.165, 1.54) is 6.07 Å². The van der Waals surface area contributed by atoms with Gasteiger partial charge in [-0.1, -0.05) is 6.42 Å². The van der Waals surface area contributed by atoms with Crippen molar-refractivity contribution in [3.63, 3.8) is 0 Å². The van der Waals surface area contributed by atoms with Crippen LogP contribution in [0.15, 0.2) is 23.1 Å². The number of rotatable bonds is 2. The van der Waals surface area contributed by atoms with Crippen LogP contribution < -0.4 is 0 Å². The van der Waals surface area contributed by atoms with Crippen LogP contribution in [0, 0.1) is 11.2 Å². The van der Waals surface area contributed by atoms with Crippen LogP contribution in [0.1, 0.15) is 36.0 Å². The van der Waals surface area contributed by atoms with Crippen molar-refractivity contribution < 1.29 is 22.3 Å². The summed E-state index contributed by atoms with van der Waals surface area (Å²) in [7, 11) is -3.98. The number of hydrogen-bond donors (Lipinski definition) is 0. The molecule has 3 aliphatic rings. The molecule has 0 radical (unpaired) electrons. The summed E-state index contributed by atoms with van der Waals surface area (Å²) in [4.78, 5) is 12.2. The van der Waals surface area contributed by atoms with Crippen LogP contribution in [0.25, 0.3) is 0 Å². The molecule has 2 heterocycles. The van der Waals surface area contributed by atoms with Crippen molar-refractivity contribution in [2.24, 2.45) is 5.41 Å². The fraction of sp³-hybridized carbons (Fsp3) is 0.533. The van der Waals surface area contributed by atoms with Crippen LogP contribution in [0.5, 0.6) is 0 Å². The van der Waals surface area contributed by atoms with Crippen molar-refractivity contribution in [1.82, 2.24) is 4.31 Å². The molecule has 5 nitrogen and oxygen atoms in total. The van der Waals surface area contributed by atoms with Crippen LogP contribution in [-0.2, 0) is 14.8 Å². The van der Waals surface area contributed by atoms with Gasteiger partial charge in [-0.05, 0) is 37.5 Å². The number of benzene rings is 1. The van der Waals surface area contributed by atoms with Crippen LogP contribution in [-0.4, -0.2) is 37.9 Å². The molecule has 1 amide bonds. The summed E-state index contributed by atoms with van der Waals surface area (Å²) in [5.41, 5.74) is 0.0672. The summed E-state index contributed by atoms with van der Waals surface area (Å²) in [5.74, 6) is -1.25. The lowest BCUT2D eigenvalue weighted by molar-refractivity contribution is -0.00477. The smallest absolute Gasteiger partial charge is 0.269 e. The Labute approximate surface area is 128 Å². The highest BCUT2D eigenvalue weighted by molar-refractivity contribution is 7.90. The van der Waals surface area contributed by atoms with Crippen molar-refractivity contribution >= 4 is 15.9 Å². The number of hydrogen-bond acceptors (Lipinski definition) is 4. The minimum Gasteiger partial charge on any atom is -0.376 e. The number of carbonyl (C=O) groups is 1. The Bertz CT molecular complexity index is 757. The number of fused-ring (bicyclic) bond motifs is 1. The Balaban J connectivity index is 1.68. The molecule has 1 aromatic rings. The molecule has 1 atom stereocenters. The maximum atomic E-state index is 13.3. The number of nitrogens with zero attached hydrogens (tertiary/aromatic N) is 1. The van der Waals surface area contributed by atoms with Crippen LogP contribution >= 0.6 is 0 Å². The molecule has 2 fully saturated rings. The van der Waals surface area contributed by atoms with Gasteiger partial charge in [-0.2, -0.15) is 0 Å². The Morgan fingerprint density at radius 3 is 2.77 bits per heavy atom. The van der Waals surface area contributed by atoms with Gasteiger partial charge in [0.25, 0.3) is 15.9 Å². The minimum absolute atomic E-state index is 0.0236. The topological polar surface area (TPSA) is 63.7 Å². The molecule has 1 saturated carbocycles. The summed E-state index contributed by atoms with van der Waals surface area (Å²) in [6.45, 7) is 0.631. The number of ether oxygens (including phenoxy) is 1. The summed E-state index contributed by atoms with van der Waals surface area (Å²) >= 11 is 0. The molecule has 1 saturated heterocycles. The van der Waals surface area contributed by atoms with E-state index in [0.29, 0.717) is 6.61 Å². The lowest BCUT2D eigenvalue weighted by Crippen LogP contribution is -2.46. The molecule has 118 valence electrons. The van der Waals surface area contributed by atoms with Crippen molar-refractivity contribution in [3.8, 4) is 0 Å². The maximum Gasteiger partial charge on any atom is 0.269 e. The van der Waals surface area contributed by atoms with Crippen LogP contribution in [0.2, 0.25) is 0 Å². The highest BCUT2D eigenvalue weighted by atomic mass is 32.2. The Kier molecular flexibility index (Phi) is 2.90. The number of sulfonamides is 1. The van der Waals surface area contributed by atoms with Gasteiger partial charge in [0.05, 0.1) is 18.2 Å². The quantitative estimate of drug-likeness (QED) is 0.833. The van der Waals surface area contributed by atoms with Crippen molar-refractivity contribution in [3.05, 3.63) is 29.6 Å². The van der Waals surface area contributed by atoms with Crippen LogP contribution in [0.3, 0.4) is 0 Å². The number of amides is 1. The third-order valence-electron chi connectivity index (χ3n) is 5.25. The fourth-order valence-electron chi connectivity index (χ4n) is 3.77. The van der Waals surface area contributed by atoms with E-state index in [-0.39, 0.29) is 28.5 Å². The lowest BCUT2D eigenvalue weighted by Gasteiger charge is -2.42. The molecule has 4 rings (SSSR count). The monoisotopic (exact) mass is 325 g/mol. The molecule has 1 spiro atoms. The van der Waals surface area contributed by atoms with E-state index in [4.69, 9.17) is 4.74 Å². The van der Waals surface area contributed by atoms with Gasteiger partial charge in [-0.25, -0.2) is 17.1 Å². The van der Waals surface area contributed by atoms with E-state index in [2.05, 4.69) is 0 Å². The average Bonchev–Trinajstić information content (AvgIpc) is 2.93. The molecule has 0 aromatic heterocycles. The van der Waals surface area contributed by atoms with Crippen molar-refractivity contribution in [2.75, 3.05) is 13.2 Å². The van der Waals surface area contributed by atoms with Gasteiger partial charge >= 0.3 is 0 Å². The largest absolute Gasteiger partial charge is 0.376 e. The number of halogens is 1. The van der Waals surface area contributed by atoms with Crippen LogP contribution in [0.4, 0.5) is 4.39 Å². The van der Waals surface area contributed by atoms with Gasteiger partial charge in [0.2, 0.25) is 0 Å². The van der Waals surface area contributed by atoms with E-state index in [1.54, 1.807) is 0 Å². The zero-order valence-electron chi connectivity index (χ0n) is 11.9. The number of carbonyl (C=O) groups excluding carboxylic acids is 1. The molecule has 2 aliphatic heterocycles. The molecule has 1 unspecified atom stereocenters. The molecule has 1 aliphatic carbocycles. The second kappa shape index (κ2) is 4.52. The Hall–Kier alpha value is -1.47. The molecular weight excluding hydrogens is 309 g/mol. The lowest BCUT2D eigenvalue weighted by atomic mass is 9.64. The second-order valence-electron chi connectivity index (χ2n) is 6.31. The van der Waals surface area contributed by atoms with Gasteiger partial charge < -0.3 is 4.74 Å². The van der Waals surface area contributed by atoms with E-state index in [9.17, 15) is 17.6 Å². The first-order chi connectivity index (χ1) is 10.4. The Morgan fingerprint density at radius 1 is 1.32 bits per heavy atom. The van der Waals surface area contributed by atoms with Gasteiger partial charge in [0.15, 0.2) is 0 Å². The fourth-order valence-corrected chi connectivity index (χ4v) is 5.35. The summed E-state index contributed by atoms with van der Waals surface area (Å²) in [6.07, 6.45) is 3.81. The first-order valence-electron chi connectivity index (χ1n) is 7.42. The van der Waals surface area contributed by atoms with Crippen molar-refractivity contribution in [2.45, 2.75) is 36.7 Å². The highest BCUT2D eigenvalue weighted by Crippen LogP contribution is 2.52. The summed E-state index contributed by atoms with van der Waals surface area (Å²) in [5, 5.41) is 0. The zero-order chi connectivity index (χ0) is 15.5. The molecule has 0 N–H and O–H groups in total. The molecule has 22 heavy (non-hydrogen) atoms. The first kappa shape index (κ1) is 14.1. The third-order valence-corrected chi connectivity index (χ3v) is 7.04. The Morgan fingerprint density at radius 2 is 2.09 bits per heavy atom. The van der Waals surface area contributed by atoms with E-state index in [1.807, 2.05) is 0 Å².